The molecule has 4 nitrogen and oxygen atoms in total. The van der Waals surface area contributed by atoms with Crippen LogP contribution in [0.4, 0.5) is 0 Å². The molecule has 1 heterocycles. The monoisotopic (exact) mass is 292 g/mol. The number of ether oxygens (including phenoxy) is 2. The Morgan fingerprint density at radius 1 is 1.24 bits per heavy atom. The van der Waals surface area contributed by atoms with E-state index >= 15 is 0 Å². The molecule has 0 aliphatic carbocycles. The summed E-state index contributed by atoms with van der Waals surface area (Å²) in [7, 11) is 3.36. The van der Waals surface area contributed by atoms with E-state index in [1.807, 2.05) is 6.07 Å². The number of hydrogen-bond acceptors (Lipinski definition) is 4. The summed E-state index contributed by atoms with van der Waals surface area (Å²) in [6.07, 6.45) is 2.30. The normalized spacial score (nSPS) is 19.2. The Morgan fingerprint density at radius 3 is 2.67 bits per heavy atom. The lowest BCUT2D eigenvalue weighted by Crippen LogP contribution is -2.37. The van der Waals surface area contributed by atoms with Crippen molar-refractivity contribution < 1.29 is 9.47 Å². The summed E-state index contributed by atoms with van der Waals surface area (Å²) in [6, 6.07) is 7.41. The Kier molecular flexibility index (Phi) is 5.88. The third-order valence-corrected chi connectivity index (χ3v) is 4.01. The fraction of sp³-hybridized carbons (Fsp3) is 0.647. The maximum atomic E-state index is 5.36. The second kappa shape index (κ2) is 7.66. The van der Waals surface area contributed by atoms with Gasteiger partial charge in [0, 0.05) is 25.2 Å². The first-order valence-electron chi connectivity index (χ1n) is 7.81. The van der Waals surface area contributed by atoms with Crippen molar-refractivity contribution in [3.8, 4) is 11.5 Å². The van der Waals surface area contributed by atoms with Crippen molar-refractivity contribution in [1.29, 1.82) is 0 Å². The lowest BCUT2D eigenvalue weighted by atomic mass is 10.1. The molecule has 0 aromatic heterocycles. The van der Waals surface area contributed by atoms with Crippen LogP contribution in [0.25, 0.3) is 0 Å². The number of nitrogens with zero attached hydrogens (tertiary/aromatic N) is 1. The summed E-state index contributed by atoms with van der Waals surface area (Å²) >= 11 is 0. The largest absolute Gasteiger partial charge is 0.493 e. The van der Waals surface area contributed by atoms with Gasteiger partial charge in [0.1, 0.15) is 0 Å². The van der Waals surface area contributed by atoms with E-state index in [1.54, 1.807) is 14.2 Å². The summed E-state index contributed by atoms with van der Waals surface area (Å²) in [5, 5.41) is 3.62. The van der Waals surface area contributed by atoms with Crippen LogP contribution in [0.3, 0.4) is 0 Å². The molecule has 118 valence electrons. The molecule has 4 heteroatoms. The van der Waals surface area contributed by atoms with Crippen LogP contribution in [0.2, 0.25) is 0 Å². The molecule has 1 aliphatic heterocycles. The molecule has 1 N–H and O–H groups in total. The quantitative estimate of drug-likeness (QED) is 0.836. The Hall–Kier alpha value is -1.26. The molecule has 1 aromatic carbocycles. The fourth-order valence-electron chi connectivity index (χ4n) is 2.97. The molecule has 21 heavy (non-hydrogen) atoms. The molecule has 2 rings (SSSR count). The average molecular weight is 292 g/mol. The molecular weight excluding hydrogens is 264 g/mol. The number of methoxy groups -OCH3 is 2. The second-order valence-electron chi connectivity index (χ2n) is 6.05. The maximum Gasteiger partial charge on any atom is 0.160 e. The predicted octanol–water partition coefficient (Wildman–Crippen LogP) is 2.32. The van der Waals surface area contributed by atoms with Gasteiger partial charge < -0.3 is 19.7 Å². The zero-order valence-corrected chi connectivity index (χ0v) is 13.7. The van der Waals surface area contributed by atoms with Crippen molar-refractivity contribution >= 4 is 0 Å². The van der Waals surface area contributed by atoms with Gasteiger partial charge in [-0.3, -0.25) is 0 Å². The number of rotatable bonds is 7. The number of likely N-dealkylation sites (tertiary alicyclic amines) is 1. The molecule has 1 unspecified atom stereocenters. The minimum atomic E-state index is 0.570. The standard InChI is InChI=1S/C17H28N2O2/c1-13(2)18-15-8-10-19(12-15)9-7-14-5-6-16(20-3)17(11-14)21-4/h5-6,11,13,15,18H,7-10,12H2,1-4H3. The highest BCUT2D eigenvalue weighted by atomic mass is 16.5. The Bertz CT molecular complexity index is 448. The van der Waals surface area contributed by atoms with E-state index in [0.29, 0.717) is 12.1 Å². The lowest BCUT2D eigenvalue weighted by molar-refractivity contribution is 0.327. The topological polar surface area (TPSA) is 33.7 Å². The van der Waals surface area contributed by atoms with E-state index in [1.165, 1.54) is 18.5 Å². The first-order valence-corrected chi connectivity index (χ1v) is 7.81. The molecule has 0 bridgehead atoms. The van der Waals surface area contributed by atoms with Gasteiger partial charge in [0.25, 0.3) is 0 Å². The molecular formula is C17H28N2O2. The van der Waals surface area contributed by atoms with Gasteiger partial charge in [0.15, 0.2) is 11.5 Å². The van der Waals surface area contributed by atoms with Crippen molar-refractivity contribution in [2.75, 3.05) is 33.9 Å². The minimum Gasteiger partial charge on any atom is -0.493 e. The van der Waals surface area contributed by atoms with Crippen molar-refractivity contribution in [2.45, 2.75) is 38.8 Å². The molecule has 1 atom stereocenters. The first kappa shape index (κ1) is 16.1. The van der Waals surface area contributed by atoms with Gasteiger partial charge in [-0.25, -0.2) is 0 Å². The molecule has 1 fully saturated rings. The van der Waals surface area contributed by atoms with E-state index in [0.717, 1.165) is 31.0 Å². The zero-order chi connectivity index (χ0) is 15.2. The number of nitrogens with one attached hydrogen (secondary N) is 1. The fourth-order valence-corrected chi connectivity index (χ4v) is 2.97. The third-order valence-electron chi connectivity index (χ3n) is 4.01. The Morgan fingerprint density at radius 2 is 2.00 bits per heavy atom. The van der Waals surface area contributed by atoms with E-state index in [9.17, 15) is 0 Å². The van der Waals surface area contributed by atoms with Gasteiger partial charge in [0.2, 0.25) is 0 Å². The predicted molar refractivity (Wildman–Crippen MR) is 86.4 cm³/mol. The summed E-state index contributed by atoms with van der Waals surface area (Å²) in [4.78, 5) is 2.54. The molecule has 0 spiro atoms. The smallest absolute Gasteiger partial charge is 0.160 e. The number of benzene rings is 1. The van der Waals surface area contributed by atoms with Crippen molar-refractivity contribution in [1.82, 2.24) is 10.2 Å². The molecule has 1 aliphatic rings. The lowest BCUT2D eigenvalue weighted by Gasteiger charge is -2.18. The van der Waals surface area contributed by atoms with Crippen LogP contribution in [-0.2, 0) is 6.42 Å². The van der Waals surface area contributed by atoms with Crippen LogP contribution in [0.1, 0.15) is 25.8 Å². The van der Waals surface area contributed by atoms with E-state index < -0.39 is 0 Å². The first-order chi connectivity index (χ1) is 10.1. The average Bonchev–Trinajstić information content (AvgIpc) is 2.91. The van der Waals surface area contributed by atoms with Gasteiger partial charge in [0.05, 0.1) is 14.2 Å². The van der Waals surface area contributed by atoms with Crippen molar-refractivity contribution in [2.24, 2.45) is 0 Å². The van der Waals surface area contributed by atoms with Crippen LogP contribution in [0.15, 0.2) is 18.2 Å². The van der Waals surface area contributed by atoms with Crippen LogP contribution in [0.5, 0.6) is 11.5 Å². The highest BCUT2D eigenvalue weighted by Crippen LogP contribution is 2.27. The molecule has 0 amide bonds. The van der Waals surface area contributed by atoms with E-state index in [-0.39, 0.29) is 0 Å². The van der Waals surface area contributed by atoms with Crippen LogP contribution >= 0.6 is 0 Å². The zero-order valence-electron chi connectivity index (χ0n) is 13.7. The summed E-state index contributed by atoms with van der Waals surface area (Å²) in [6.45, 7) is 7.88. The Labute approximate surface area is 128 Å². The highest BCUT2D eigenvalue weighted by Gasteiger charge is 2.22. The van der Waals surface area contributed by atoms with Gasteiger partial charge in [-0.2, -0.15) is 0 Å². The number of hydrogen-bond donors (Lipinski definition) is 1. The highest BCUT2D eigenvalue weighted by molar-refractivity contribution is 5.42. The molecule has 0 radical (unpaired) electrons. The summed E-state index contributed by atoms with van der Waals surface area (Å²) in [5.74, 6) is 1.61. The Balaban J connectivity index is 1.84. The van der Waals surface area contributed by atoms with Crippen LogP contribution in [-0.4, -0.2) is 50.8 Å². The maximum absolute atomic E-state index is 5.36. The molecule has 0 saturated carbocycles. The van der Waals surface area contributed by atoms with E-state index in [2.05, 4.69) is 36.2 Å². The van der Waals surface area contributed by atoms with Crippen LogP contribution in [0, 0.1) is 0 Å². The van der Waals surface area contributed by atoms with Gasteiger partial charge in [-0.05, 0) is 37.1 Å². The minimum absolute atomic E-state index is 0.570. The van der Waals surface area contributed by atoms with Gasteiger partial charge in [-0.1, -0.05) is 19.9 Å². The van der Waals surface area contributed by atoms with Crippen molar-refractivity contribution in [3.05, 3.63) is 23.8 Å². The molecule has 1 saturated heterocycles. The third kappa shape index (κ3) is 4.61. The van der Waals surface area contributed by atoms with Crippen LogP contribution < -0.4 is 14.8 Å². The van der Waals surface area contributed by atoms with Crippen molar-refractivity contribution in [3.63, 3.8) is 0 Å². The summed E-state index contributed by atoms with van der Waals surface area (Å²) < 4.78 is 10.6. The summed E-state index contributed by atoms with van der Waals surface area (Å²) in [5.41, 5.74) is 1.30. The SMILES string of the molecule is COc1ccc(CCN2CCC(NC(C)C)C2)cc1OC. The van der Waals surface area contributed by atoms with Gasteiger partial charge in [-0.15, -0.1) is 0 Å². The van der Waals surface area contributed by atoms with Gasteiger partial charge >= 0.3 is 0 Å². The van der Waals surface area contributed by atoms with E-state index in [4.69, 9.17) is 9.47 Å². The second-order valence-corrected chi connectivity index (χ2v) is 6.05. The molecule has 1 aromatic rings.